The smallest absolute Gasteiger partial charge is 0.163 e. The van der Waals surface area contributed by atoms with Gasteiger partial charge in [0.2, 0.25) is 0 Å². The third-order valence-electron chi connectivity index (χ3n) is 9.04. The van der Waals surface area contributed by atoms with Crippen LogP contribution in [0.5, 0.6) is 0 Å². The van der Waals surface area contributed by atoms with Crippen molar-refractivity contribution < 1.29 is 4.74 Å². The molecular weight excluding hydrogens is 458 g/mol. The molecule has 4 aromatic rings. The molecule has 3 aromatic heterocycles. The average molecular weight is 500 g/mol. The first-order valence-electron chi connectivity index (χ1n) is 14.1. The monoisotopic (exact) mass is 499 g/mol. The summed E-state index contributed by atoms with van der Waals surface area (Å²) in [6, 6.07) is 7.85. The van der Waals surface area contributed by atoms with E-state index in [0.29, 0.717) is 30.1 Å². The summed E-state index contributed by atoms with van der Waals surface area (Å²) in [6.07, 6.45) is 9.56. The fourth-order valence-corrected chi connectivity index (χ4v) is 7.03. The number of H-pyrrole nitrogens is 1. The van der Waals surface area contributed by atoms with Crippen LogP contribution in [0.25, 0.3) is 27.8 Å². The predicted octanol–water partition coefficient (Wildman–Crippen LogP) is 6.75. The first-order valence-corrected chi connectivity index (χ1v) is 14.1. The molecular formula is C31H41N5O. The van der Waals surface area contributed by atoms with Crippen molar-refractivity contribution in [1.29, 1.82) is 0 Å². The maximum Gasteiger partial charge on any atom is 0.163 e. The summed E-state index contributed by atoms with van der Waals surface area (Å²) in [4.78, 5) is 6.54. The SMILES string of the molecule is Cc1c(-c2[nH]c3ccc(C4CCN(C5CC(C)OC(C)C5)CC4)cc3c2C(C)C)cn2cnnc2c1C. The summed E-state index contributed by atoms with van der Waals surface area (Å²) in [5, 5.41) is 9.82. The zero-order chi connectivity index (χ0) is 25.8. The van der Waals surface area contributed by atoms with Crippen LogP contribution in [0.1, 0.15) is 87.5 Å². The van der Waals surface area contributed by atoms with E-state index in [0.717, 1.165) is 5.65 Å². The Hall–Kier alpha value is -2.70. The Morgan fingerprint density at radius 1 is 1.03 bits per heavy atom. The third kappa shape index (κ3) is 4.38. The van der Waals surface area contributed by atoms with Gasteiger partial charge in [-0.25, -0.2) is 0 Å². The highest BCUT2D eigenvalue weighted by Crippen LogP contribution is 2.40. The van der Waals surface area contributed by atoms with Crippen LogP contribution in [0.3, 0.4) is 0 Å². The van der Waals surface area contributed by atoms with Gasteiger partial charge in [0.1, 0.15) is 6.33 Å². The number of hydrogen-bond acceptors (Lipinski definition) is 4. The van der Waals surface area contributed by atoms with Crippen molar-refractivity contribution in [2.24, 2.45) is 0 Å². The first-order chi connectivity index (χ1) is 17.8. The van der Waals surface area contributed by atoms with Gasteiger partial charge in [-0.05, 0) is 113 Å². The Kier molecular flexibility index (Phi) is 6.36. The molecule has 6 rings (SSSR count). The van der Waals surface area contributed by atoms with Gasteiger partial charge in [-0.15, -0.1) is 10.2 Å². The van der Waals surface area contributed by atoms with Crippen molar-refractivity contribution >= 4 is 16.6 Å². The molecule has 2 aliphatic rings. The molecule has 6 heteroatoms. The van der Waals surface area contributed by atoms with Crippen molar-refractivity contribution in [2.45, 2.75) is 97.3 Å². The minimum atomic E-state index is 0.379. The maximum atomic E-state index is 6.00. The largest absolute Gasteiger partial charge is 0.375 e. The Bertz CT molecular complexity index is 1410. The van der Waals surface area contributed by atoms with Gasteiger partial charge in [-0.3, -0.25) is 4.40 Å². The normalized spacial score (nSPS) is 24.0. The molecule has 0 saturated carbocycles. The van der Waals surface area contributed by atoms with Crippen molar-refractivity contribution in [3.8, 4) is 11.3 Å². The van der Waals surface area contributed by atoms with Crippen LogP contribution in [0.15, 0.2) is 30.7 Å². The molecule has 2 fully saturated rings. The number of aromatic nitrogens is 4. The van der Waals surface area contributed by atoms with Crippen molar-refractivity contribution in [2.75, 3.05) is 13.1 Å². The van der Waals surface area contributed by atoms with E-state index in [1.807, 2.05) is 4.40 Å². The number of ether oxygens (including phenoxy) is 1. The summed E-state index contributed by atoms with van der Waals surface area (Å²) < 4.78 is 8.04. The number of pyridine rings is 1. The molecule has 0 aliphatic carbocycles. The Morgan fingerprint density at radius 2 is 1.76 bits per heavy atom. The average Bonchev–Trinajstić information content (AvgIpc) is 3.50. The standard InChI is InChI=1S/C31H41N5O/c1-18(2)29-26-15-24(23-9-11-35(12-10-23)25-13-19(3)37-20(4)14-25)7-8-28(26)33-30(29)27-16-36-17-32-34-31(36)22(6)21(27)5/h7-8,15-20,23,25,33H,9-14H2,1-6H3. The fraction of sp³-hybridized carbons (Fsp3) is 0.548. The zero-order valence-corrected chi connectivity index (χ0v) is 23.2. The molecule has 0 radical (unpaired) electrons. The van der Waals surface area contributed by atoms with Crippen LogP contribution in [-0.4, -0.2) is 55.8 Å². The number of benzene rings is 1. The molecule has 0 amide bonds. The van der Waals surface area contributed by atoms with Crippen LogP contribution in [-0.2, 0) is 4.74 Å². The molecule has 37 heavy (non-hydrogen) atoms. The van der Waals surface area contributed by atoms with Gasteiger partial charge in [-0.2, -0.15) is 0 Å². The molecule has 1 aromatic carbocycles. The van der Waals surface area contributed by atoms with Crippen LogP contribution >= 0.6 is 0 Å². The second-order valence-electron chi connectivity index (χ2n) is 11.9. The van der Waals surface area contributed by atoms with E-state index < -0.39 is 0 Å². The molecule has 6 nitrogen and oxygen atoms in total. The maximum absolute atomic E-state index is 6.00. The molecule has 2 aliphatic heterocycles. The van der Waals surface area contributed by atoms with E-state index in [1.54, 1.807) is 6.33 Å². The van der Waals surface area contributed by atoms with Gasteiger partial charge in [0.25, 0.3) is 0 Å². The minimum Gasteiger partial charge on any atom is -0.375 e. The predicted molar refractivity (Wildman–Crippen MR) is 150 cm³/mol. The molecule has 5 heterocycles. The molecule has 1 N–H and O–H groups in total. The van der Waals surface area contributed by atoms with Gasteiger partial charge in [0.05, 0.1) is 17.9 Å². The third-order valence-corrected chi connectivity index (χ3v) is 9.04. The summed E-state index contributed by atoms with van der Waals surface area (Å²) in [5.74, 6) is 1.04. The van der Waals surface area contributed by atoms with E-state index >= 15 is 0 Å². The van der Waals surface area contributed by atoms with Crippen LogP contribution in [0.2, 0.25) is 0 Å². The van der Waals surface area contributed by atoms with Crippen LogP contribution in [0.4, 0.5) is 0 Å². The first kappa shape index (κ1) is 24.6. The van der Waals surface area contributed by atoms with E-state index in [4.69, 9.17) is 4.74 Å². The van der Waals surface area contributed by atoms with Crippen LogP contribution < -0.4 is 0 Å². The highest BCUT2D eigenvalue weighted by molar-refractivity contribution is 5.92. The van der Waals surface area contributed by atoms with Gasteiger partial charge < -0.3 is 14.6 Å². The highest BCUT2D eigenvalue weighted by atomic mass is 16.5. The lowest BCUT2D eigenvalue weighted by molar-refractivity contribution is -0.0683. The summed E-state index contributed by atoms with van der Waals surface area (Å²) in [5.41, 5.74) is 9.98. The number of nitrogens with zero attached hydrogens (tertiary/aromatic N) is 4. The lowest BCUT2D eigenvalue weighted by Gasteiger charge is -2.42. The molecule has 0 bridgehead atoms. The highest BCUT2D eigenvalue weighted by Gasteiger charge is 2.32. The van der Waals surface area contributed by atoms with Gasteiger partial charge >= 0.3 is 0 Å². The molecule has 2 saturated heterocycles. The minimum absolute atomic E-state index is 0.379. The topological polar surface area (TPSA) is 58.5 Å². The number of fused-ring (bicyclic) bond motifs is 2. The number of hydrogen-bond donors (Lipinski definition) is 1. The number of rotatable bonds is 4. The Morgan fingerprint density at radius 3 is 2.46 bits per heavy atom. The second-order valence-corrected chi connectivity index (χ2v) is 11.9. The number of aromatic amines is 1. The molecule has 196 valence electrons. The van der Waals surface area contributed by atoms with Gasteiger partial charge in [0, 0.05) is 28.7 Å². The quantitative estimate of drug-likeness (QED) is 0.337. The van der Waals surface area contributed by atoms with E-state index in [-0.39, 0.29) is 0 Å². The molecule has 0 spiro atoms. The van der Waals surface area contributed by atoms with E-state index in [2.05, 4.69) is 86.0 Å². The number of piperidine rings is 1. The lowest BCUT2D eigenvalue weighted by atomic mass is 9.86. The lowest BCUT2D eigenvalue weighted by Crippen LogP contribution is -2.47. The van der Waals surface area contributed by atoms with Gasteiger partial charge in [-0.1, -0.05) is 19.9 Å². The summed E-state index contributed by atoms with van der Waals surface area (Å²) in [6.45, 7) is 15.8. The number of nitrogens with one attached hydrogen (secondary N) is 1. The second kappa shape index (κ2) is 9.55. The van der Waals surface area contributed by atoms with Crippen molar-refractivity contribution in [1.82, 2.24) is 24.5 Å². The summed E-state index contributed by atoms with van der Waals surface area (Å²) in [7, 11) is 0. The van der Waals surface area contributed by atoms with Crippen molar-refractivity contribution in [3.05, 3.63) is 53.0 Å². The van der Waals surface area contributed by atoms with E-state index in [1.165, 1.54) is 83.2 Å². The number of likely N-dealkylation sites (tertiary alicyclic amines) is 1. The summed E-state index contributed by atoms with van der Waals surface area (Å²) >= 11 is 0. The fourth-order valence-electron chi connectivity index (χ4n) is 7.03. The van der Waals surface area contributed by atoms with E-state index in [9.17, 15) is 0 Å². The Labute approximate surface area is 220 Å². The van der Waals surface area contributed by atoms with Crippen LogP contribution in [0, 0.1) is 13.8 Å². The Balaban J connectivity index is 1.30. The molecule has 2 unspecified atom stereocenters. The van der Waals surface area contributed by atoms with Crippen molar-refractivity contribution in [3.63, 3.8) is 0 Å². The van der Waals surface area contributed by atoms with Gasteiger partial charge in [0.15, 0.2) is 5.65 Å². The number of aryl methyl sites for hydroxylation is 1. The zero-order valence-electron chi connectivity index (χ0n) is 23.2. The molecule has 2 atom stereocenters.